The van der Waals surface area contributed by atoms with E-state index in [1.165, 1.54) is 14.7 Å². The summed E-state index contributed by atoms with van der Waals surface area (Å²) in [5.74, 6) is -3.21. The monoisotopic (exact) mass is 1110 g/mol. The summed E-state index contributed by atoms with van der Waals surface area (Å²) in [5.41, 5.74) is 23.7. The summed E-state index contributed by atoms with van der Waals surface area (Å²) in [4.78, 5) is 95.9. The molecule has 82 heavy (non-hydrogen) atoms. The first-order valence-electron chi connectivity index (χ1n) is 29.0. The average Bonchev–Trinajstić information content (AvgIpc) is 3.57. The fourth-order valence-corrected chi connectivity index (χ4v) is 10.1. The molecule has 0 saturated heterocycles. The lowest BCUT2D eigenvalue weighted by Gasteiger charge is -2.34. The van der Waals surface area contributed by atoms with Crippen LogP contribution in [0.3, 0.4) is 0 Å². The van der Waals surface area contributed by atoms with Crippen LogP contribution in [-0.4, -0.2) is 158 Å². The quantitative estimate of drug-likeness (QED) is 0.0296. The van der Waals surface area contributed by atoms with Crippen molar-refractivity contribution in [1.82, 2.24) is 29.8 Å². The molecule has 0 spiro atoms. The van der Waals surface area contributed by atoms with Crippen LogP contribution in [0.1, 0.15) is 96.6 Å². The van der Waals surface area contributed by atoms with Gasteiger partial charge in [-0.05, 0) is 85.2 Å². The highest BCUT2D eigenvalue weighted by atomic mass is 16.2. The van der Waals surface area contributed by atoms with Crippen LogP contribution in [0.25, 0.3) is 0 Å². The smallest absolute Gasteiger partial charge is 0.242 e. The molecule has 15 nitrogen and oxygen atoms in total. The number of Topliss-reactive ketones (excluding diaryl/α,β-unsaturated/α-hetero) is 1. The maximum absolute atomic E-state index is 15.4. The van der Waals surface area contributed by atoms with E-state index in [1.54, 1.807) is 9.80 Å². The molecule has 0 atom stereocenters. The van der Waals surface area contributed by atoms with Crippen LogP contribution >= 0.6 is 0 Å². The standard InChI is InChI=1S/C67H85N9O6/c1-2-3-37-59(77)45-74(46-60(53-25-10-4-11-26-53)54-27-12-5-13-28-54)66(81)49-72(42-23-39-69)65(80)52-76(48-62(57-33-18-8-19-34-57)58-35-20-9-21-36-58)67(82)50-73(43-24-40-70)64(79)51-75(63(78)44-71-41-22-38-68)47-61(55-29-14-6-15-30-55)56-31-16-7-17-32-56/h4-21,25-36,60-62,71H,2-3,22-24,37-52,68-70H2,1H3. The molecule has 0 radical (unpaired) electrons. The molecule has 6 aromatic rings. The molecule has 0 aliphatic rings. The summed E-state index contributed by atoms with van der Waals surface area (Å²) in [6.45, 7) is 2.34. The van der Waals surface area contributed by atoms with E-state index in [0.29, 0.717) is 45.2 Å². The average molecular weight is 1110 g/mol. The molecule has 0 fully saturated rings. The lowest BCUT2D eigenvalue weighted by molar-refractivity contribution is -0.147. The molecule has 15 heteroatoms. The summed E-state index contributed by atoms with van der Waals surface area (Å²) >= 11 is 0. The lowest BCUT2D eigenvalue weighted by atomic mass is 9.90. The molecule has 0 bridgehead atoms. The van der Waals surface area contributed by atoms with Gasteiger partial charge in [0, 0.05) is 56.9 Å². The van der Waals surface area contributed by atoms with Gasteiger partial charge in [-0.3, -0.25) is 28.8 Å². The topological polar surface area (TPSA) is 209 Å². The third-order valence-corrected chi connectivity index (χ3v) is 14.8. The summed E-state index contributed by atoms with van der Waals surface area (Å²) in [6, 6.07) is 58.9. The number of unbranched alkanes of at least 4 members (excludes halogenated alkanes) is 1. The van der Waals surface area contributed by atoms with Crippen LogP contribution in [-0.2, 0) is 28.8 Å². The van der Waals surface area contributed by atoms with Gasteiger partial charge in [0.15, 0.2) is 5.78 Å². The van der Waals surface area contributed by atoms with E-state index in [9.17, 15) is 19.2 Å². The van der Waals surface area contributed by atoms with Crippen molar-refractivity contribution in [3.63, 3.8) is 0 Å². The molecule has 434 valence electrons. The van der Waals surface area contributed by atoms with Gasteiger partial charge < -0.3 is 47.0 Å². The third-order valence-electron chi connectivity index (χ3n) is 14.8. The molecule has 5 amide bonds. The van der Waals surface area contributed by atoms with E-state index in [4.69, 9.17) is 17.2 Å². The molecule has 0 saturated carbocycles. The van der Waals surface area contributed by atoms with E-state index >= 15 is 9.59 Å². The largest absolute Gasteiger partial charge is 0.333 e. The fraction of sp³-hybridized carbons (Fsp3) is 0.373. The number of carbonyl (C=O) groups excluding carboxylic acids is 6. The zero-order chi connectivity index (χ0) is 58.3. The Kier molecular flexibility index (Phi) is 27.1. The van der Waals surface area contributed by atoms with Gasteiger partial charge in [0.25, 0.3) is 0 Å². The number of hydrogen-bond acceptors (Lipinski definition) is 10. The minimum Gasteiger partial charge on any atom is -0.333 e. The van der Waals surface area contributed by atoms with Gasteiger partial charge in [-0.25, -0.2) is 0 Å². The van der Waals surface area contributed by atoms with E-state index in [-0.39, 0.29) is 95.5 Å². The summed E-state index contributed by atoms with van der Waals surface area (Å²) in [7, 11) is 0. The molecule has 6 rings (SSSR count). The number of nitrogens with two attached hydrogens (primary N) is 3. The van der Waals surface area contributed by atoms with E-state index in [1.807, 2.05) is 189 Å². The maximum Gasteiger partial charge on any atom is 0.242 e. The summed E-state index contributed by atoms with van der Waals surface area (Å²) in [5, 5.41) is 3.19. The molecular weight excluding hydrogens is 1030 g/mol. The number of nitrogens with zero attached hydrogens (tertiary/aromatic N) is 5. The highest BCUT2D eigenvalue weighted by Crippen LogP contribution is 2.29. The van der Waals surface area contributed by atoms with Gasteiger partial charge in [-0.15, -0.1) is 0 Å². The number of hydrogen-bond donors (Lipinski definition) is 4. The Hall–Kier alpha value is -7.82. The van der Waals surface area contributed by atoms with Crippen molar-refractivity contribution in [2.45, 2.75) is 63.2 Å². The predicted molar refractivity (Wildman–Crippen MR) is 325 cm³/mol. The Labute approximate surface area is 485 Å². The van der Waals surface area contributed by atoms with Crippen molar-refractivity contribution >= 4 is 35.3 Å². The van der Waals surface area contributed by atoms with Crippen LogP contribution in [0.4, 0.5) is 0 Å². The maximum atomic E-state index is 15.4. The van der Waals surface area contributed by atoms with E-state index < -0.39 is 42.6 Å². The van der Waals surface area contributed by atoms with Gasteiger partial charge >= 0.3 is 0 Å². The molecule has 7 N–H and O–H groups in total. The minimum atomic E-state index is -0.509. The van der Waals surface area contributed by atoms with Crippen molar-refractivity contribution in [1.29, 1.82) is 0 Å². The van der Waals surface area contributed by atoms with Crippen LogP contribution in [0, 0.1) is 0 Å². The number of rotatable bonds is 36. The Bertz CT molecular complexity index is 2710. The first kappa shape index (κ1) is 63.4. The van der Waals surface area contributed by atoms with Crippen LogP contribution in [0.5, 0.6) is 0 Å². The van der Waals surface area contributed by atoms with Gasteiger partial charge in [0.05, 0.1) is 39.3 Å². The molecule has 6 aromatic carbocycles. The summed E-state index contributed by atoms with van der Waals surface area (Å²) in [6.07, 6.45) is 3.20. The van der Waals surface area contributed by atoms with Gasteiger partial charge in [-0.1, -0.05) is 195 Å². The normalized spacial score (nSPS) is 11.2. The van der Waals surface area contributed by atoms with Crippen LogP contribution < -0.4 is 22.5 Å². The van der Waals surface area contributed by atoms with E-state index in [0.717, 1.165) is 39.8 Å². The zero-order valence-corrected chi connectivity index (χ0v) is 47.8. The lowest BCUT2D eigenvalue weighted by Crippen LogP contribution is -2.53. The van der Waals surface area contributed by atoms with Gasteiger partial charge in [0.2, 0.25) is 29.5 Å². The third kappa shape index (κ3) is 20.3. The predicted octanol–water partition coefficient (Wildman–Crippen LogP) is 7.02. The fourth-order valence-electron chi connectivity index (χ4n) is 10.1. The molecule has 0 aliphatic heterocycles. The Morgan fingerprint density at radius 3 is 0.951 bits per heavy atom. The Morgan fingerprint density at radius 1 is 0.366 bits per heavy atom. The van der Waals surface area contributed by atoms with Crippen molar-refractivity contribution < 1.29 is 28.8 Å². The zero-order valence-electron chi connectivity index (χ0n) is 47.8. The van der Waals surface area contributed by atoms with Crippen molar-refractivity contribution in [3.8, 4) is 0 Å². The Morgan fingerprint density at radius 2 is 0.646 bits per heavy atom. The highest BCUT2D eigenvalue weighted by Gasteiger charge is 2.32. The first-order valence-corrected chi connectivity index (χ1v) is 29.0. The first-order chi connectivity index (χ1) is 40.0. The second kappa shape index (κ2) is 35.1. The van der Waals surface area contributed by atoms with Crippen LogP contribution in [0.2, 0.25) is 0 Å². The summed E-state index contributed by atoms with van der Waals surface area (Å²) < 4.78 is 0. The van der Waals surface area contributed by atoms with Crippen molar-refractivity contribution in [2.75, 3.05) is 98.2 Å². The SMILES string of the molecule is CCCCC(=O)CN(CC(c1ccccc1)c1ccccc1)C(=O)CN(CCCN)C(=O)CN(CC(c1ccccc1)c1ccccc1)C(=O)CN(CCCN)C(=O)CN(CC(c1ccccc1)c1ccccc1)C(=O)CNCCCN. The van der Waals surface area contributed by atoms with Gasteiger partial charge in [0.1, 0.15) is 0 Å². The number of amides is 5. The molecule has 0 unspecified atom stereocenters. The minimum absolute atomic E-state index is 0.0295. The van der Waals surface area contributed by atoms with E-state index in [2.05, 4.69) is 5.32 Å². The molecule has 0 heterocycles. The van der Waals surface area contributed by atoms with Crippen molar-refractivity contribution in [3.05, 3.63) is 215 Å². The number of ketones is 1. The molecule has 0 aliphatic carbocycles. The Balaban J connectivity index is 1.34. The molecular formula is C67H85N9O6. The number of nitrogens with one attached hydrogen (secondary N) is 1. The number of carbonyl (C=O) groups is 6. The second-order valence-electron chi connectivity index (χ2n) is 20.8. The van der Waals surface area contributed by atoms with Crippen molar-refractivity contribution in [2.24, 2.45) is 17.2 Å². The van der Waals surface area contributed by atoms with Gasteiger partial charge in [-0.2, -0.15) is 0 Å². The highest BCUT2D eigenvalue weighted by molar-refractivity contribution is 5.92. The molecule has 0 aromatic heterocycles. The second-order valence-corrected chi connectivity index (χ2v) is 20.8. The number of benzene rings is 6. The van der Waals surface area contributed by atoms with Crippen LogP contribution in [0.15, 0.2) is 182 Å².